The summed E-state index contributed by atoms with van der Waals surface area (Å²) in [5.41, 5.74) is 7.73. The van der Waals surface area contributed by atoms with Crippen molar-refractivity contribution in [3.8, 4) is 0 Å². The van der Waals surface area contributed by atoms with Crippen LogP contribution in [-0.4, -0.2) is 29.6 Å². The number of nitrogens with one attached hydrogen (secondary N) is 2. The Labute approximate surface area is 107 Å². The Balaban J connectivity index is 2.33. The Hall–Kier alpha value is -1.69. The van der Waals surface area contributed by atoms with Crippen molar-refractivity contribution in [2.24, 2.45) is 10.7 Å². The van der Waals surface area contributed by atoms with Gasteiger partial charge in [0.15, 0.2) is 11.1 Å². The van der Waals surface area contributed by atoms with Crippen LogP contribution in [0.2, 0.25) is 0 Å². The van der Waals surface area contributed by atoms with Crippen molar-refractivity contribution in [2.45, 2.75) is 13.3 Å². The van der Waals surface area contributed by atoms with Gasteiger partial charge in [-0.05, 0) is 30.8 Å². The molecule has 17 heavy (non-hydrogen) atoms. The summed E-state index contributed by atoms with van der Waals surface area (Å²) in [6, 6.07) is 3.97. The van der Waals surface area contributed by atoms with Gasteiger partial charge in [0.1, 0.15) is 0 Å². The highest BCUT2D eigenvalue weighted by atomic mass is 32.1. The van der Waals surface area contributed by atoms with Gasteiger partial charge < -0.3 is 16.4 Å². The lowest BCUT2D eigenvalue weighted by Gasteiger charge is -2.09. The van der Waals surface area contributed by atoms with Crippen LogP contribution in [-0.2, 0) is 6.42 Å². The van der Waals surface area contributed by atoms with E-state index in [1.807, 2.05) is 19.1 Å². The zero-order chi connectivity index (χ0) is 12.7. The molecule has 0 aliphatic carbocycles. The zero-order valence-corrected chi connectivity index (χ0v) is 10.8. The summed E-state index contributed by atoms with van der Waals surface area (Å²) in [6.07, 6.45) is 2.61. The summed E-state index contributed by atoms with van der Waals surface area (Å²) in [6.45, 7) is 2.75. The lowest BCUT2D eigenvalue weighted by Crippen LogP contribution is -2.43. The summed E-state index contributed by atoms with van der Waals surface area (Å²) in [5.74, 6) is 0.302. The van der Waals surface area contributed by atoms with E-state index in [9.17, 15) is 0 Å². The molecule has 0 fully saturated rings. The van der Waals surface area contributed by atoms with Crippen LogP contribution in [0.3, 0.4) is 0 Å². The molecule has 92 valence electrons. The number of nitrogens with two attached hydrogens (primary N) is 1. The number of hydrogen-bond donors (Lipinski definition) is 3. The Kier molecular flexibility index (Phi) is 5.35. The van der Waals surface area contributed by atoms with Gasteiger partial charge in [-0.25, -0.2) is 0 Å². The van der Waals surface area contributed by atoms with E-state index in [2.05, 4.69) is 20.6 Å². The summed E-state index contributed by atoms with van der Waals surface area (Å²) in [7, 11) is 1.60. The molecular weight excluding hydrogens is 234 g/mol. The predicted octanol–water partition coefficient (Wildman–Crippen LogP) is 0.341. The maximum absolute atomic E-state index is 5.48. The van der Waals surface area contributed by atoms with Crippen LogP contribution < -0.4 is 16.4 Å². The quantitative estimate of drug-likeness (QED) is 0.410. The number of guanidine groups is 1. The molecule has 0 amide bonds. The van der Waals surface area contributed by atoms with Crippen LogP contribution in [0.1, 0.15) is 11.3 Å². The third-order valence-corrected chi connectivity index (χ3v) is 2.49. The Morgan fingerprint density at radius 3 is 3.00 bits per heavy atom. The van der Waals surface area contributed by atoms with Crippen LogP contribution >= 0.6 is 12.2 Å². The molecule has 1 heterocycles. The number of aliphatic imine (C=N–C) groups is 1. The topological polar surface area (TPSA) is 75.3 Å². The van der Waals surface area contributed by atoms with Gasteiger partial charge in [-0.2, -0.15) is 0 Å². The Bertz CT molecular complexity index is 416. The van der Waals surface area contributed by atoms with Crippen molar-refractivity contribution in [1.29, 1.82) is 0 Å². The van der Waals surface area contributed by atoms with Gasteiger partial charge >= 0.3 is 0 Å². The monoisotopic (exact) mass is 251 g/mol. The maximum atomic E-state index is 5.48. The third-order valence-electron chi connectivity index (χ3n) is 2.25. The number of nitrogens with zero attached hydrogens (tertiary/aromatic N) is 2. The molecule has 0 radical (unpaired) electrons. The van der Waals surface area contributed by atoms with Gasteiger partial charge in [0, 0.05) is 31.9 Å². The molecule has 1 rings (SSSR count). The molecule has 0 spiro atoms. The molecule has 0 saturated heterocycles. The van der Waals surface area contributed by atoms with Crippen molar-refractivity contribution >= 4 is 23.3 Å². The molecule has 6 heteroatoms. The van der Waals surface area contributed by atoms with E-state index in [0.29, 0.717) is 17.6 Å². The van der Waals surface area contributed by atoms with E-state index in [1.54, 1.807) is 13.2 Å². The normalized spacial score (nSPS) is 11.1. The van der Waals surface area contributed by atoms with E-state index in [-0.39, 0.29) is 0 Å². The van der Waals surface area contributed by atoms with E-state index in [4.69, 9.17) is 18.0 Å². The van der Waals surface area contributed by atoms with E-state index < -0.39 is 0 Å². The van der Waals surface area contributed by atoms with E-state index in [0.717, 1.165) is 12.1 Å². The summed E-state index contributed by atoms with van der Waals surface area (Å²) < 4.78 is 0. The smallest absolute Gasteiger partial charge is 0.194 e. The molecule has 1 aromatic heterocycles. The number of rotatable bonds is 3. The minimum Gasteiger partial charge on any atom is -0.370 e. The first kappa shape index (κ1) is 13.4. The largest absolute Gasteiger partial charge is 0.370 e. The highest BCUT2D eigenvalue weighted by molar-refractivity contribution is 7.80. The molecular formula is C11H17N5S. The van der Waals surface area contributed by atoms with Gasteiger partial charge in [0.05, 0.1) is 0 Å². The number of thiocarbonyl (C=S) groups is 1. The van der Waals surface area contributed by atoms with Crippen molar-refractivity contribution in [1.82, 2.24) is 15.6 Å². The highest BCUT2D eigenvalue weighted by Gasteiger charge is 2.00. The maximum Gasteiger partial charge on any atom is 0.194 e. The van der Waals surface area contributed by atoms with Gasteiger partial charge in [0.2, 0.25) is 0 Å². The molecule has 0 saturated carbocycles. The molecule has 1 aromatic rings. The number of aryl methyl sites for hydroxylation is 1. The molecule has 4 N–H and O–H groups in total. The molecule has 0 atom stereocenters. The van der Waals surface area contributed by atoms with Crippen molar-refractivity contribution in [3.63, 3.8) is 0 Å². The second-order valence-corrected chi connectivity index (χ2v) is 3.91. The van der Waals surface area contributed by atoms with Crippen molar-refractivity contribution in [2.75, 3.05) is 13.6 Å². The van der Waals surface area contributed by atoms with Gasteiger partial charge in [0.25, 0.3) is 0 Å². The average Bonchev–Trinajstić information content (AvgIpc) is 2.31. The molecule has 0 aliphatic rings. The zero-order valence-electron chi connectivity index (χ0n) is 10.0. The minimum atomic E-state index is 0.302. The predicted molar refractivity (Wildman–Crippen MR) is 74.0 cm³/mol. The minimum absolute atomic E-state index is 0.302. The molecule has 5 nitrogen and oxygen atoms in total. The SMILES string of the molecule is CN=C(N)NC(=S)NCCc1ncccc1C. The molecule has 0 aliphatic heterocycles. The van der Waals surface area contributed by atoms with Crippen LogP contribution in [0.5, 0.6) is 0 Å². The standard InChI is InChI=1S/C11H17N5S/c1-8-4-3-6-14-9(8)5-7-15-11(17)16-10(12)13-2/h3-4,6H,5,7H2,1-2H3,(H4,12,13,15,16,17). The second kappa shape index (κ2) is 6.80. The first-order valence-electron chi connectivity index (χ1n) is 5.31. The fourth-order valence-corrected chi connectivity index (χ4v) is 1.50. The molecule has 0 unspecified atom stereocenters. The fraction of sp³-hybridized carbons (Fsp3) is 0.364. The first-order valence-corrected chi connectivity index (χ1v) is 5.72. The molecule has 0 bridgehead atoms. The van der Waals surface area contributed by atoms with Gasteiger partial charge in [-0.15, -0.1) is 0 Å². The van der Waals surface area contributed by atoms with Crippen LogP contribution in [0.15, 0.2) is 23.3 Å². The number of hydrogen-bond acceptors (Lipinski definition) is 3. The van der Waals surface area contributed by atoms with Crippen molar-refractivity contribution in [3.05, 3.63) is 29.6 Å². The van der Waals surface area contributed by atoms with Crippen molar-refractivity contribution < 1.29 is 0 Å². The van der Waals surface area contributed by atoms with E-state index >= 15 is 0 Å². The van der Waals surface area contributed by atoms with Gasteiger partial charge in [-0.3, -0.25) is 9.98 Å². The third kappa shape index (κ3) is 4.78. The Morgan fingerprint density at radius 1 is 1.59 bits per heavy atom. The first-order chi connectivity index (χ1) is 8.13. The number of aromatic nitrogens is 1. The molecule has 0 aromatic carbocycles. The fourth-order valence-electron chi connectivity index (χ4n) is 1.29. The van der Waals surface area contributed by atoms with E-state index in [1.165, 1.54) is 5.56 Å². The number of pyridine rings is 1. The van der Waals surface area contributed by atoms with Gasteiger partial charge in [-0.1, -0.05) is 6.07 Å². The Morgan fingerprint density at radius 2 is 2.35 bits per heavy atom. The second-order valence-electron chi connectivity index (χ2n) is 3.51. The van der Waals surface area contributed by atoms with Crippen LogP contribution in [0.4, 0.5) is 0 Å². The summed E-state index contributed by atoms with van der Waals surface area (Å²) in [5, 5.41) is 6.27. The van der Waals surface area contributed by atoms with Crippen LogP contribution in [0, 0.1) is 6.92 Å². The summed E-state index contributed by atoms with van der Waals surface area (Å²) >= 11 is 5.04. The lowest BCUT2D eigenvalue weighted by molar-refractivity contribution is 0.830. The summed E-state index contributed by atoms with van der Waals surface area (Å²) in [4.78, 5) is 8.05. The highest BCUT2D eigenvalue weighted by Crippen LogP contribution is 2.02. The van der Waals surface area contributed by atoms with Crippen LogP contribution in [0.25, 0.3) is 0 Å². The lowest BCUT2D eigenvalue weighted by atomic mass is 10.2. The average molecular weight is 251 g/mol.